The van der Waals surface area contributed by atoms with Crippen molar-refractivity contribution in [2.45, 2.75) is 0 Å². The van der Waals surface area contributed by atoms with Crippen molar-refractivity contribution in [2.75, 3.05) is 43.5 Å². The summed E-state index contributed by atoms with van der Waals surface area (Å²) in [6.07, 6.45) is 4.12. The Morgan fingerprint density at radius 1 is 1.06 bits per heavy atom. The molecule has 1 aliphatic heterocycles. The van der Waals surface area contributed by atoms with E-state index >= 15 is 0 Å². The fraction of sp³-hybridized carbons (Fsp3) is 0.208. The quantitative estimate of drug-likeness (QED) is 0.463. The summed E-state index contributed by atoms with van der Waals surface area (Å²) in [6.45, 7) is 1.81. The van der Waals surface area contributed by atoms with E-state index < -0.39 is 6.09 Å². The Balaban J connectivity index is 1.55. The number of carboxylic acid groups (broad SMARTS) is 1. The van der Waals surface area contributed by atoms with Crippen LogP contribution in [0, 0.1) is 0 Å². The number of amides is 1. The Hall–Kier alpha value is -4.47. The van der Waals surface area contributed by atoms with Crippen molar-refractivity contribution < 1.29 is 14.6 Å². The van der Waals surface area contributed by atoms with Gasteiger partial charge in [-0.3, -0.25) is 4.98 Å². The number of nitrogens with zero attached hydrogens (tertiary/aromatic N) is 6. The maximum absolute atomic E-state index is 11.4. The highest BCUT2D eigenvalue weighted by atomic mass is 16.5. The van der Waals surface area contributed by atoms with Crippen molar-refractivity contribution in [3.8, 4) is 17.1 Å². The first-order valence-corrected chi connectivity index (χ1v) is 10.8. The minimum atomic E-state index is -0.912. The highest BCUT2D eigenvalue weighted by Crippen LogP contribution is 2.34. The Labute approximate surface area is 195 Å². The number of rotatable bonds is 5. The van der Waals surface area contributed by atoms with Crippen LogP contribution in [0.15, 0.2) is 61.1 Å². The number of anilines is 3. The van der Waals surface area contributed by atoms with Crippen LogP contribution >= 0.6 is 0 Å². The van der Waals surface area contributed by atoms with Gasteiger partial charge in [-0.05, 0) is 24.3 Å². The van der Waals surface area contributed by atoms with E-state index in [9.17, 15) is 9.90 Å². The Bertz CT molecular complexity index is 1320. The zero-order chi connectivity index (χ0) is 23.5. The molecule has 0 spiro atoms. The van der Waals surface area contributed by atoms with Gasteiger partial charge in [0.25, 0.3) is 0 Å². The number of nitrogens with one attached hydrogen (secondary N) is 1. The largest absolute Gasteiger partial charge is 0.494 e. The summed E-state index contributed by atoms with van der Waals surface area (Å²) in [5.41, 5.74) is 2.37. The molecule has 10 heteroatoms. The third kappa shape index (κ3) is 4.25. The molecular formula is C24H23N7O3. The summed E-state index contributed by atoms with van der Waals surface area (Å²) in [4.78, 5) is 33.2. The summed E-state index contributed by atoms with van der Waals surface area (Å²) in [5, 5.41) is 13.4. The van der Waals surface area contributed by atoms with Gasteiger partial charge in [0.15, 0.2) is 5.82 Å². The molecule has 1 amide bonds. The van der Waals surface area contributed by atoms with E-state index in [0.717, 1.165) is 16.6 Å². The van der Waals surface area contributed by atoms with E-state index in [1.54, 1.807) is 25.7 Å². The molecule has 34 heavy (non-hydrogen) atoms. The van der Waals surface area contributed by atoms with Crippen LogP contribution in [-0.4, -0.2) is 69.3 Å². The number of carbonyl (C=O) groups is 1. The minimum absolute atomic E-state index is 0.393. The van der Waals surface area contributed by atoms with Gasteiger partial charge in [-0.25, -0.2) is 19.7 Å². The number of piperazine rings is 1. The molecule has 1 aliphatic rings. The summed E-state index contributed by atoms with van der Waals surface area (Å²) in [7, 11) is 1.58. The molecule has 0 unspecified atom stereocenters. The van der Waals surface area contributed by atoms with Gasteiger partial charge in [-0.15, -0.1) is 0 Å². The van der Waals surface area contributed by atoms with Crippen LogP contribution in [0.5, 0.6) is 5.75 Å². The number of aromatic nitrogens is 4. The Kier molecular flexibility index (Phi) is 5.77. The lowest BCUT2D eigenvalue weighted by Gasteiger charge is -2.34. The van der Waals surface area contributed by atoms with Gasteiger partial charge in [0.05, 0.1) is 30.4 Å². The molecule has 0 bridgehead atoms. The van der Waals surface area contributed by atoms with E-state index in [1.165, 1.54) is 4.90 Å². The second-order valence-electron chi connectivity index (χ2n) is 7.78. The number of methoxy groups -OCH3 is 1. The topological polar surface area (TPSA) is 117 Å². The predicted molar refractivity (Wildman–Crippen MR) is 129 cm³/mol. The molecule has 1 aromatic carbocycles. The third-order valence-corrected chi connectivity index (χ3v) is 5.69. The van der Waals surface area contributed by atoms with Crippen LogP contribution in [0.3, 0.4) is 0 Å². The molecular weight excluding hydrogens is 434 g/mol. The van der Waals surface area contributed by atoms with E-state index in [2.05, 4.69) is 20.2 Å². The summed E-state index contributed by atoms with van der Waals surface area (Å²) < 4.78 is 5.56. The Morgan fingerprint density at radius 2 is 1.85 bits per heavy atom. The first kappa shape index (κ1) is 21.4. The molecule has 1 saturated heterocycles. The number of hydrogen-bond acceptors (Lipinski definition) is 8. The number of benzene rings is 1. The standard InChI is InChI=1S/C24H23N7O3/c1-34-19-15-25-14-18-21(19)23(30-9-11-31(12-10-30)24(32)33)29-22(28-18)16-7-8-26-20(13-16)27-17-5-3-2-4-6-17/h2-8,13-15H,9-12H2,1H3,(H,26,27)(H,32,33). The molecule has 4 heterocycles. The summed E-state index contributed by atoms with van der Waals surface area (Å²) in [5.74, 6) is 2.46. The molecule has 0 atom stereocenters. The Morgan fingerprint density at radius 3 is 2.59 bits per heavy atom. The van der Waals surface area contributed by atoms with Crippen LogP contribution < -0.4 is 15.0 Å². The van der Waals surface area contributed by atoms with Crippen molar-refractivity contribution in [3.05, 3.63) is 61.1 Å². The zero-order valence-electron chi connectivity index (χ0n) is 18.5. The maximum Gasteiger partial charge on any atom is 0.407 e. The smallest absolute Gasteiger partial charge is 0.407 e. The van der Waals surface area contributed by atoms with Crippen molar-refractivity contribution in [1.82, 2.24) is 24.8 Å². The van der Waals surface area contributed by atoms with Gasteiger partial charge in [-0.2, -0.15) is 0 Å². The fourth-order valence-electron chi connectivity index (χ4n) is 3.97. The average Bonchev–Trinajstić information content (AvgIpc) is 2.88. The van der Waals surface area contributed by atoms with E-state index in [0.29, 0.717) is 54.9 Å². The lowest BCUT2D eigenvalue weighted by Crippen LogP contribution is -2.48. The second kappa shape index (κ2) is 9.18. The first-order chi connectivity index (χ1) is 16.6. The number of pyridine rings is 2. The molecule has 3 aromatic heterocycles. The lowest BCUT2D eigenvalue weighted by atomic mass is 10.2. The highest BCUT2D eigenvalue weighted by molar-refractivity contribution is 5.95. The van der Waals surface area contributed by atoms with Gasteiger partial charge in [-0.1, -0.05) is 18.2 Å². The molecule has 4 aromatic rings. The monoisotopic (exact) mass is 457 g/mol. The molecule has 10 nitrogen and oxygen atoms in total. The molecule has 0 aliphatic carbocycles. The number of para-hydroxylation sites is 1. The van der Waals surface area contributed by atoms with Crippen molar-refractivity contribution in [2.24, 2.45) is 0 Å². The van der Waals surface area contributed by atoms with Crippen LogP contribution in [0.25, 0.3) is 22.3 Å². The summed E-state index contributed by atoms with van der Waals surface area (Å²) in [6, 6.07) is 13.6. The molecule has 0 radical (unpaired) electrons. The maximum atomic E-state index is 11.4. The van der Waals surface area contributed by atoms with Crippen molar-refractivity contribution in [3.63, 3.8) is 0 Å². The van der Waals surface area contributed by atoms with Crippen LogP contribution in [0.2, 0.25) is 0 Å². The van der Waals surface area contributed by atoms with E-state index in [4.69, 9.17) is 14.7 Å². The minimum Gasteiger partial charge on any atom is -0.494 e. The van der Waals surface area contributed by atoms with Gasteiger partial charge in [0.2, 0.25) is 0 Å². The van der Waals surface area contributed by atoms with Gasteiger partial charge in [0.1, 0.15) is 17.4 Å². The molecule has 172 valence electrons. The number of ether oxygens (including phenoxy) is 1. The fourth-order valence-corrected chi connectivity index (χ4v) is 3.97. The molecule has 2 N–H and O–H groups in total. The normalized spacial score (nSPS) is 13.7. The molecule has 1 fully saturated rings. The van der Waals surface area contributed by atoms with Gasteiger partial charge < -0.3 is 25.0 Å². The van der Waals surface area contributed by atoms with Crippen LogP contribution in [-0.2, 0) is 0 Å². The second-order valence-corrected chi connectivity index (χ2v) is 7.78. The lowest BCUT2D eigenvalue weighted by molar-refractivity contribution is 0.142. The van der Waals surface area contributed by atoms with E-state index in [-0.39, 0.29) is 0 Å². The molecule has 0 saturated carbocycles. The van der Waals surface area contributed by atoms with Crippen molar-refractivity contribution >= 4 is 34.3 Å². The average molecular weight is 457 g/mol. The molecule has 5 rings (SSSR count). The highest BCUT2D eigenvalue weighted by Gasteiger charge is 2.25. The SMILES string of the molecule is COc1cncc2nc(-c3ccnc(Nc4ccccc4)c3)nc(N3CCN(C(=O)O)CC3)c12. The van der Waals surface area contributed by atoms with E-state index in [1.807, 2.05) is 42.5 Å². The summed E-state index contributed by atoms with van der Waals surface area (Å²) >= 11 is 0. The van der Waals surface area contributed by atoms with Crippen LogP contribution in [0.4, 0.5) is 22.1 Å². The van der Waals surface area contributed by atoms with Gasteiger partial charge >= 0.3 is 6.09 Å². The predicted octanol–water partition coefficient (Wildman–Crippen LogP) is 3.64. The first-order valence-electron chi connectivity index (χ1n) is 10.8. The van der Waals surface area contributed by atoms with Gasteiger partial charge in [0, 0.05) is 43.6 Å². The number of fused-ring (bicyclic) bond motifs is 1. The third-order valence-electron chi connectivity index (χ3n) is 5.69. The van der Waals surface area contributed by atoms with Crippen molar-refractivity contribution in [1.29, 1.82) is 0 Å². The number of hydrogen-bond donors (Lipinski definition) is 2. The zero-order valence-corrected chi connectivity index (χ0v) is 18.5. The van der Waals surface area contributed by atoms with Crippen LogP contribution in [0.1, 0.15) is 0 Å².